The van der Waals surface area contributed by atoms with Crippen molar-refractivity contribution in [3.8, 4) is 0 Å². The Kier molecular flexibility index (Phi) is 24.0. The number of Topliss-reactive ketones (excluding diaryl/α,β-unsaturated/α-hetero) is 2. The van der Waals surface area contributed by atoms with Crippen LogP contribution in [0.3, 0.4) is 0 Å². The van der Waals surface area contributed by atoms with Crippen LogP contribution in [0, 0.1) is 5.92 Å². The van der Waals surface area contributed by atoms with Crippen LogP contribution in [-0.4, -0.2) is 56.4 Å². The predicted molar refractivity (Wildman–Crippen MR) is 120 cm³/mol. The summed E-state index contributed by atoms with van der Waals surface area (Å²) in [6.45, 7) is 8.43. The summed E-state index contributed by atoms with van der Waals surface area (Å²) in [6.07, 6.45) is 8.09. The molecule has 1 amide bonds. The summed E-state index contributed by atoms with van der Waals surface area (Å²) in [5.41, 5.74) is 0. The van der Waals surface area contributed by atoms with Crippen molar-refractivity contribution in [2.24, 2.45) is 5.92 Å². The van der Waals surface area contributed by atoms with Gasteiger partial charge in [-0.25, -0.2) is 4.79 Å². The van der Waals surface area contributed by atoms with Gasteiger partial charge in [-0.2, -0.15) is 0 Å². The largest absolute Gasteiger partial charge is 0.377 e. The lowest BCUT2D eigenvalue weighted by Crippen LogP contribution is -2.28. The number of carbonyl (C=O) groups excluding carboxylic acids is 4. The standard InChI is InChI=1S/C13H22FNO6.C10H20O/c1-10(13(18)21-14)3-4-12(17)15-5-6-19-7-8-20-9-11(2)16;1-3-5-6-7-8-9-10(11)4-2/h10H,3-9H2,1-2H3,(H,15,17);3-9H2,1-2H3. The van der Waals surface area contributed by atoms with Crippen molar-refractivity contribution in [2.75, 3.05) is 33.0 Å². The van der Waals surface area contributed by atoms with Gasteiger partial charge in [0, 0.05) is 30.3 Å². The van der Waals surface area contributed by atoms with Gasteiger partial charge in [-0.1, -0.05) is 46.5 Å². The van der Waals surface area contributed by atoms with E-state index in [0.29, 0.717) is 38.6 Å². The number of rotatable bonds is 19. The average molecular weight is 464 g/mol. The fraction of sp³-hybridized carbons (Fsp3) is 0.826. The average Bonchev–Trinajstić information content (AvgIpc) is 2.78. The van der Waals surface area contributed by atoms with Crippen molar-refractivity contribution in [1.82, 2.24) is 5.32 Å². The number of ketones is 2. The lowest BCUT2D eigenvalue weighted by Gasteiger charge is -2.08. The van der Waals surface area contributed by atoms with Crippen molar-refractivity contribution in [3.63, 3.8) is 0 Å². The Morgan fingerprint density at radius 1 is 0.906 bits per heavy atom. The van der Waals surface area contributed by atoms with Gasteiger partial charge in [0.25, 0.3) is 0 Å². The predicted octanol–water partition coefficient (Wildman–Crippen LogP) is 3.89. The second kappa shape index (κ2) is 23.8. The van der Waals surface area contributed by atoms with Crippen molar-refractivity contribution < 1.29 is 38.1 Å². The first-order valence-electron chi connectivity index (χ1n) is 11.5. The Morgan fingerprint density at radius 2 is 1.56 bits per heavy atom. The van der Waals surface area contributed by atoms with Gasteiger partial charge in [0.05, 0.1) is 25.7 Å². The molecule has 0 saturated heterocycles. The van der Waals surface area contributed by atoms with Crippen molar-refractivity contribution >= 4 is 23.4 Å². The highest BCUT2D eigenvalue weighted by atomic mass is 19.3. The van der Waals surface area contributed by atoms with E-state index in [1.54, 1.807) is 0 Å². The number of carbonyl (C=O) groups is 4. The number of ether oxygens (including phenoxy) is 2. The molecule has 0 aliphatic carbocycles. The Balaban J connectivity index is 0. The summed E-state index contributed by atoms with van der Waals surface area (Å²) in [4.78, 5) is 46.7. The molecular weight excluding hydrogens is 421 g/mol. The number of nitrogens with one attached hydrogen (secondary N) is 1. The van der Waals surface area contributed by atoms with Crippen LogP contribution in [0.25, 0.3) is 0 Å². The molecule has 8 nitrogen and oxygen atoms in total. The Labute approximate surface area is 191 Å². The third kappa shape index (κ3) is 24.4. The van der Waals surface area contributed by atoms with Crippen LogP contribution in [0.1, 0.15) is 85.5 Å². The molecule has 0 aliphatic rings. The summed E-state index contributed by atoms with van der Waals surface area (Å²) in [6, 6.07) is 0. The van der Waals surface area contributed by atoms with Crippen LogP contribution in [0.15, 0.2) is 0 Å². The van der Waals surface area contributed by atoms with Crippen molar-refractivity contribution in [2.45, 2.75) is 85.5 Å². The molecule has 1 atom stereocenters. The first kappa shape index (κ1) is 32.3. The van der Waals surface area contributed by atoms with Crippen LogP contribution in [0.2, 0.25) is 0 Å². The fourth-order valence-electron chi connectivity index (χ4n) is 2.43. The van der Waals surface area contributed by atoms with Crippen LogP contribution < -0.4 is 5.32 Å². The van der Waals surface area contributed by atoms with Gasteiger partial charge in [0.1, 0.15) is 12.4 Å². The number of hydrogen-bond acceptors (Lipinski definition) is 7. The van der Waals surface area contributed by atoms with E-state index in [0.717, 1.165) is 12.8 Å². The first-order valence-corrected chi connectivity index (χ1v) is 11.5. The lowest BCUT2D eigenvalue weighted by atomic mass is 10.1. The van der Waals surface area contributed by atoms with Crippen LogP contribution in [0.4, 0.5) is 4.53 Å². The minimum Gasteiger partial charge on any atom is -0.377 e. The minimum absolute atomic E-state index is 0.0480. The van der Waals surface area contributed by atoms with E-state index in [4.69, 9.17) is 9.47 Å². The lowest BCUT2D eigenvalue weighted by molar-refractivity contribution is -0.188. The molecule has 188 valence electrons. The summed E-state index contributed by atoms with van der Waals surface area (Å²) in [5.74, 6) is -1.51. The zero-order valence-corrected chi connectivity index (χ0v) is 20.2. The summed E-state index contributed by atoms with van der Waals surface area (Å²) in [7, 11) is 0. The smallest absolute Gasteiger partial charge is 0.351 e. The van der Waals surface area contributed by atoms with Gasteiger partial charge in [0.15, 0.2) is 5.78 Å². The topological polar surface area (TPSA) is 108 Å². The minimum atomic E-state index is -0.975. The maximum absolute atomic E-state index is 11.6. The van der Waals surface area contributed by atoms with E-state index in [2.05, 4.69) is 17.2 Å². The van der Waals surface area contributed by atoms with Gasteiger partial charge in [0.2, 0.25) is 5.91 Å². The van der Waals surface area contributed by atoms with Crippen LogP contribution in [-0.2, 0) is 33.6 Å². The van der Waals surface area contributed by atoms with E-state index in [1.807, 2.05) is 6.92 Å². The number of hydrogen-bond donors (Lipinski definition) is 1. The van der Waals surface area contributed by atoms with E-state index in [9.17, 15) is 23.7 Å². The first-order chi connectivity index (χ1) is 15.3. The molecule has 0 aliphatic heterocycles. The number of amides is 1. The third-order valence-electron chi connectivity index (χ3n) is 4.48. The molecule has 1 unspecified atom stereocenters. The van der Waals surface area contributed by atoms with Crippen LogP contribution >= 0.6 is 0 Å². The van der Waals surface area contributed by atoms with Gasteiger partial charge in [-0.05, 0) is 19.8 Å². The molecule has 0 spiro atoms. The highest BCUT2D eigenvalue weighted by Crippen LogP contribution is 2.08. The highest BCUT2D eigenvalue weighted by Gasteiger charge is 2.16. The van der Waals surface area contributed by atoms with E-state index in [-0.39, 0.29) is 31.1 Å². The molecule has 0 aromatic carbocycles. The third-order valence-corrected chi connectivity index (χ3v) is 4.48. The summed E-state index contributed by atoms with van der Waals surface area (Å²) in [5, 5.41) is 2.60. The van der Waals surface area contributed by atoms with E-state index in [1.165, 1.54) is 39.5 Å². The van der Waals surface area contributed by atoms with Gasteiger partial charge < -0.3 is 14.8 Å². The second-order valence-corrected chi connectivity index (χ2v) is 7.61. The highest BCUT2D eigenvalue weighted by molar-refractivity contribution is 5.78. The quantitative estimate of drug-likeness (QED) is 0.290. The van der Waals surface area contributed by atoms with Crippen molar-refractivity contribution in [3.05, 3.63) is 0 Å². The molecule has 0 aromatic heterocycles. The summed E-state index contributed by atoms with van der Waals surface area (Å²) >= 11 is 0. The molecule has 0 heterocycles. The van der Waals surface area contributed by atoms with Crippen molar-refractivity contribution in [1.29, 1.82) is 0 Å². The molecule has 9 heteroatoms. The van der Waals surface area contributed by atoms with Gasteiger partial charge >= 0.3 is 5.97 Å². The molecule has 0 aromatic rings. The van der Waals surface area contributed by atoms with E-state index >= 15 is 0 Å². The molecular formula is C23H42FNO7. The van der Waals surface area contributed by atoms with Gasteiger partial charge in [-0.15, -0.1) is 0 Å². The zero-order valence-electron chi connectivity index (χ0n) is 20.2. The molecule has 0 radical (unpaired) electrons. The number of halogens is 1. The molecule has 1 N–H and O–H groups in total. The molecule has 32 heavy (non-hydrogen) atoms. The van der Waals surface area contributed by atoms with Crippen LogP contribution in [0.5, 0.6) is 0 Å². The summed E-state index contributed by atoms with van der Waals surface area (Å²) < 4.78 is 21.7. The Morgan fingerprint density at radius 3 is 2.16 bits per heavy atom. The Bertz CT molecular complexity index is 515. The maximum atomic E-state index is 11.6. The molecule has 0 saturated carbocycles. The molecule has 0 bridgehead atoms. The monoisotopic (exact) mass is 463 g/mol. The normalized spacial score (nSPS) is 11.2. The molecule has 0 fully saturated rings. The second-order valence-electron chi connectivity index (χ2n) is 7.61. The SMILES string of the molecule is CC(=O)COCCOCCNC(=O)CCC(C)C(=O)OF.CCCCCCCC(=O)CC. The fourth-order valence-corrected chi connectivity index (χ4v) is 2.43. The molecule has 0 rings (SSSR count). The Hall–Kier alpha value is -1.87. The zero-order chi connectivity index (χ0) is 24.6. The van der Waals surface area contributed by atoms with E-state index < -0.39 is 11.9 Å². The number of unbranched alkanes of at least 4 members (excludes halogenated alkanes) is 4. The maximum Gasteiger partial charge on any atom is 0.351 e. The van der Waals surface area contributed by atoms with Gasteiger partial charge in [-0.3, -0.25) is 19.3 Å².